The van der Waals surface area contributed by atoms with Gasteiger partial charge in [-0.15, -0.1) is 0 Å². The van der Waals surface area contributed by atoms with E-state index in [4.69, 9.17) is 17.3 Å². The van der Waals surface area contributed by atoms with Gasteiger partial charge in [0, 0.05) is 18.1 Å². The van der Waals surface area contributed by atoms with Crippen LogP contribution in [0.25, 0.3) is 11.0 Å². The highest BCUT2D eigenvalue weighted by molar-refractivity contribution is 6.31. The van der Waals surface area contributed by atoms with Gasteiger partial charge in [0.15, 0.2) is 5.96 Å². The van der Waals surface area contributed by atoms with Crippen molar-refractivity contribution < 1.29 is 0 Å². The number of fused-ring (bicyclic) bond motifs is 1. The van der Waals surface area contributed by atoms with Gasteiger partial charge in [-0.1, -0.05) is 11.6 Å². The zero-order chi connectivity index (χ0) is 14.0. The number of benzene rings is 1. The molecule has 1 heterocycles. The van der Waals surface area contributed by atoms with Crippen LogP contribution < -0.4 is 11.1 Å². The van der Waals surface area contributed by atoms with Gasteiger partial charge in [0.25, 0.3) is 0 Å². The zero-order valence-electron chi connectivity index (χ0n) is 11.3. The van der Waals surface area contributed by atoms with Crippen molar-refractivity contribution in [3.8, 4) is 0 Å². The first-order chi connectivity index (χ1) is 8.97. The molecule has 0 amide bonds. The molecule has 0 bridgehead atoms. The van der Waals surface area contributed by atoms with Crippen LogP contribution in [0.2, 0.25) is 5.02 Å². The number of imidazole rings is 1. The lowest BCUT2D eigenvalue weighted by atomic mass is 10.3. The van der Waals surface area contributed by atoms with Crippen LogP contribution in [0.15, 0.2) is 23.2 Å². The van der Waals surface area contributed by atoms with Crippen molar-refractivity contribution in [2.75, 3.05) is 0 Å². The lowest BCUT2D eigenvalue weighted by Gasteiger charge is -2.08. The maximum Gasteiger partial charge on any atom is 0.189 e. The molecule has 0 saturated carbocycles. The predicted octanol–water partition coefficient (Wildman–Crippen LogP) is 2.04. The highest BCUT2D eigenvalue weighted by Crippen LogP contribution is 2.19. The third-order valence-corrected chi connectivity index (χ3v) is 3.00. The summed E-state index contributed by atoms with van der Waals surface area (Å²) in [4.78, 5) is 8.79. The Labute approximate surface area is 117 Å². The maximum absolute atomic E-state index is 5.96. The van der Waals surface area contributed by atoms with Crippen molar-refractivity contribution in [2.45, 2.75) is 26.4 Å². The van der Waals surface area contributed by atoms with Crippen LogP contribution in [0, 0.1) is 0 Å². The molecule has 0 radical (unpaired) electrons. The second-order valence-electron chi connectivity index (χ2n) is 4.72. The number of aryl methyl sites for hydroxylation is 1. The molecule has 0 atom stereocenters. The molecule has 3 N–H and O–H groups in total. The van der Waals surface area contributed by atoms with E-state index in [9.17, 15) is 0 Å². The number of guanidine groups is 1. The van der Waals surface area contributed by atoms with E-state index in [0.717, 1.165) is 16.9 Å². The highest BCUT2D eigenvalue weighted by atomic mass is 35.5. The van der Waals surface area contributed by atoms with Crippen molar-refractivity contribution in [3.63, 3.8) is 0 Å². The van der Waals surface area contributed by atoms with E-state index in [1.165, 1.54) is 0 Å². The van der Waals surface area contributed by atoms with Gasteiger partial charge in [-0.3, -0.25) is 0 Å². The van der Waals surface area contributed by atoms with Crippen molar-refractivity contribution in [3.05, 3.63) is 29.0 Å². The van der Waals surface area contributed by atoms with Gasteiger partial charge in [0.1, 0.15) is 12.4 Å². The van der Waals surface area contributed by atoms with Crippen LogP contribution in [-0.4, -0.2) is 21.6 Å². The minimum absolute atomic E-state index is 0.267. The van der Waals surface area contributed by atoms with Crippen molar-refractivity contribution in [1.29, 1.82) is 0 Å². The number of nitrogens with one attached hydrogen (secondary N) is 1. The molecule has 2 aromatic rings. The quantitative estimate of drug-likeness (QED) is 0.667. The van der Waals surface area contributed by atoms with Crippen LogP contribution >= 0.6 is 11.6 Å². The highest BCUT2D eigenvalue weighted by Gasteiger charge is 2.07. The Morgan fingerprint density at radius 3 is 2.95 bits per heavy atom. The Hall–Kier alpha value is -1.75. The molecular weight excluding hydrogens is 262 g/mol. The molecule has 0 unspecified atom stereocenters. The first kappa shape index (κ1) is 13.7. The molecule has 0 aliphatic rings. The predicted molar refractivity (Wildman–Crippen MR) is 79.3 cm³/mol. The molecule has 0 aliphatic carbocycles. The summed E-state index contributed by atoms with van der Waals surface area (Å²) in [6.07, 6.45) is 0. The van der Waals surface area contributed by atoms with E-state index in [-0.39, 0.29) is 6.04 Å². The van der Waals surface area contributed by atoms with E-state index in [2.05, 4.69) is 15.3 Å². The summed E-state index contributed by atoms with van der Waals surface area (Å²) < 4.78 is 2.00. The largest absolute Gasteiger partial charge is 0.370 e. The number of hydrogen-bond acceptors (Lipinski definition) is 2. The molecule has 0 spiro atoms. The first-order valence-electron chi connectivity index (χ1n) is 6.14. The number of aromatic nitrogens is 2. The Bertz CT molecular complexity index is 615. The average Bonchev–Trinajstić information content (AvgIpc) is 2.62. The first-order valence-corrected chi connectivity index (χ1v) is 6.52. The summed E-state index contributed by atoms with van der Waals surface area (Å²) in [5.74, 6) is 1.28. The number of nitrogens with zero attached hydrogens (tertiary/aromatic N) is 3. The summed E-state index contributed by atoms with van der Waals surface area (Å²) in [7, 11) is 1.96. The van der Waals surface area contributed by atoms with Crippen molar-refractivity contribution >= 4 is 28.6 Å². The van der Waals surface area contributed by atoms with Gasteiger partial charge < -0.3 is 15.6 Å². The maximum atomic E-state index is 5.96. The van der Waals surface area contributed by atoms with Gasteiger partial charge in [0.05, 0.1) is 11.0 Å². The smallest absolute Gasteiger partial charge is 0.189 e. The molecule has 1 aromatic heterocycles. The van der Waals surface area contributed by atoms with Gasteiger partial charge in [-0.2, -0.15) is 0 Å². The molecule has 102 valence electrons. The average molecular weight is 280 g/mol. The SMILES string of the molecule is CC(C)NC(N)=NCc1nc2cc(Cl)ccc2n1C. The van der Waals surface area contributed by atoms with E-state index in [1.807, 2.05) is 43.7 Å². The third-order valence-electron chi connectivity index (χ3n) is 2.76. The summed E-state index contributed by atoms with van der Waals surface area (Å²) in [6.45, 7) is 4.47. The molecule has 0 saturated heterocycles. The fourth-order valence-electron chi connectivity index (χ4n) is 1.86. The van der Waals surface area contributed by atoms with Gasteiger partial charge in [0.2, 0.25) is 0 Å². The fraction of sp³-hybridized carbons (Fsp3) is 0.385. The van der Waals surface area contributed by atoms with Crippen LogP contribution in [0.5, 0.6) is 0 Å². The van der Waals surface area contributed by atoms with Gasteiger partial charge in [-0.05, 0) is 32.0 Å². The Balaban J connectivity index is 2.24. The molecule has 1 aromatic carbocycles. The molecule has 0 fully saturated rings. The monoisotopic (exact) mass is 279 g/mol. The standard InChI is InChI=1S/C13H18ClN5/c1-8(2)17-13(15)16-7-12-18-10-6-9(14)4-5-11(10)19(12)3/h4-6,8H,7H2,1-3H3,(H3,15,16,17). The number of rotatable bonds is 3. The molecule has 0 aliphatic heterocycles. The molecular formula is C13H18ClN5. The number of halogens is 1. The Kier molecular flexibility index (Phi) is 3.95. The van der Waals surface area contributed by atoms with Crippen molar-refractivity contribution in [2.24, 2.45) is 17.8 Å². The van der Waals surface area contributed by atoms with Crippen molar-refractivity contribution in [1.82, 2.24) is 14.9 Å². The van der Waals surface area contributed by atoms with Crippen LogP contribution in [-0.2, 0) is 13.6 Å². The summed E-state index contributed by atoms with van der Waals surface area (Å²) in [5, 5.41) is 3.73. The lowest BCUT2D eigenvalue weighted by Crippen LogP contribution is -2.36. The number of hydrogen-bond donors (Lipinski definition) is 2. The van der Waals surface area contributed by atoms with Gasteiger partial charge in [-0.25, -0.2) is 9.98 Å². The van der Waals surface area contributed by atoms with E-state index >= 15 is 0 Å². The molecule has 6 heteroatoms. The summed E-state index contributed by atoms with van der Waals surface area (Å²) in [6, 6.07) is 5.92. The molecule has 5 nitrogen and oxygen atoms in total. The topological polar surface area (TPSA) is 68.2 Å². The van der Waals surface area contributed by atoms with E-state index < -0.39 is 0 Å². The number of nitrogens with two attached hydrogens (primary N) is 1. The van der Waals surface area contributed by atoms with Crippen LogP contribution in [0.1, 0.15) is 19.7 Å². The summed E-state index contributed by atoms with van der Waals surface area (Å²) in [5.41, 5.74) is 7.67. The minimum Gasteiger partial charge on any atom is -0.370 e. The van der Waals surface area contributed by atoms with Crippen LogP contribution in [0.3, 0.4) is 0 Å². The van der Waals surface area contributed by atoms with Crippen LogP contribution in [0.4, 0.5) is 0 Å². The number of aliphatic imine (C=N–C) groups is 1. The molecule has 2 rings (SSSR count). The third kappa shape index (κ3) is 3.17. The normalized spacial score (nSPS) is 12.4. The fourth-order valence-corrected chi connectivity index (χ4v) is 2.03. The minimum atomic E-state index is 0.267. The van der Waals surface area contributed by atoms with E-state index in [1.54, 1.807) is 0 Å². The lowest BCUT2D eigenvalue weighted by molar-refractivity contribution is 0.719. The van der Waals surface area contributed by atoms with E-state index in [0.29, 0.717) is 17.5 Å². The second-order valence-corrected chi connectivity index (χ2v) is 5.16. The molecule has 19 heavy (non-hydrogen) atoms. The second kappa shape index (κ2) is 5.48. The Morgan fingerprint density at radius 2 is 2.26 bits per heavy atom. The summed E-state index contributed by atoms with van der Waals surface area (Å²) >= 11 is 5.96. The Morgan fingerprint density at radius 1 is 1.53 bits per heavy atom. The zero-order valence-corrected chi connectivity index (χ0v) is 12.1. The van der Waals surface area contributed by atoms with Gasteiger partial charge >= 0.3 is 0 Å².